The molecule has 7 heteroatoms. The number of rotatable bonds is 7. The molecule has 0 atom stereocenters. The van der Waals surface area contributed by atoms with Crippen LogP contribution in [0.5, 0.6) is 5.75 Å². The summed E-state index contributed by atoms with van der Waals surface area (Å²) in [7, 11) is 1.48. The van der Waals surface area contributed by atoms with Gasteiger partial charge >= 0.3 is 5.97 Å². The molecule has 1 amide bonds. The fraction of sp³-hybridized carbons (Fsp3) is 0.136. The Hall–Kier alpha value is -3.50. The molecule has 29 heavy (non-hydrogen) atoms. The topological polar surface area (TPSA) is 88.4 Å². The van der Waals surface area contributed by atoms with Crippen LogP contribution in [-0.4, -0.2) is 31.3 Å². The second kappa shape index (κ2) is 9.62. The number of thioether (sulfide) groups is 1. The second-order valence-electron chi connectivity index (χ2n) is 5.97. The second-order valence-corrected chi connectivity index (χ2v) is 6.98. The van der Waals surface area contributed by atoms with Crippen LogP contribution in [0, 0.1) is 11.3 Å². The first kappa shape index (κ1) is 20.2. The average Bonchev–Trinajstić information content (AvgIpc) is 2.75. The minimum atomic E-state index is -0.644. The number of esters is 1. The van der Waals surface area contributed by atoms with Crippen molar-refractivity contribution in [2.75, 3.05) is 24.8 Å². The van der Waals surface area contributed by atoms with Gasteiger partial charge in [-0.1, -0.05) is 36.4 Å². The Morgan fingerprint density at radius 2 is 1.76 bits per heavy atom. The molecule has 0 aliphatic rings. The molecule has 0 spiro atoms. The number of methoxy groups -OCH3 is 1. The van der Waals surface area contributed by atoms with Crippen molar-refractivity contribution in [3.05, 3.63) is 66.2 Å². The Bertz CT molecular complexity index is 1090. The molecule has 0 fully saturated rings. The zero-order valence-corrected chi connectivity index (χ0v) is 16.5. The van der Waals surface area contributed by atoms with Crippen LogP contribution in [0.1, 0.15) is 10.4 Å². The van der Waals surface area contributed by atoms with Gasteiger partial charge in [0.2, 0.25) is 0 Å². The number of amides is 1. The molecule has 3 aromatic rings. The van der Waals surface area contributed by atoms with Crippen molar-refractivity contribution in [1.29, 1.82) is 5.26 Å². The van der Waals surface area contributed by atoms with E-state index >= 15 is 0 Å². The van der Waals surface area contributed by atoms with Crippen molar-refractivity contribution in [2.24, 2.45) is 0 Å². The lowest BCUT2D eigenvalue weighted by Crippen LogP contribution is -2.21. The van der Waals surface area contributed by atoms with Crippen LogP contribution in [-0.2, 0) is 9.53 Å². The first-order valence-electron chi connectivity index (χ1n) is 8.75. The third-order valence-corrected chi connectivity index (χ3v) is 5.02. The van der Waals surface area contributed by atoms with Gasteiger partial charge in [-0.2, -0.15) is 5.26 Å². The summed E-state index contributed by atoms with van der Waals surface area (Å²) in [6.45, 7) is -0.438. The van der Waals surface area contributed by atoms with Crippen LogP contribution < -0.4 is 10.1 Å². The van der Waals surface area contributed by atoms with Crippen LogP contribution in [0.25, 0.3) is 10.8 Å². The van der Waals surface area contributed by atoms with E-state index in [0.717, 1.165) is 15.7 Å². The quantitative estimate of drug-likeness (QED) is 0.466. The summed E-state index contributed by atoms with van der Waals surface area (Å²) in [5, 5.41) is 13.2. The highest BCUT2D eigenvalue weighted by molar-refractivity contribution is 7.99. The molecule has 0 heterocycles. The number of hydrogen-bond donors (Lipinski definition) is 1. The molecule has 0 saturated carbocycles. The third-order valence-electron chi connectivity index (χ3n) is 4.08. The van der Waals surface area contributed by atoms with Crippen LogP contribution >= 0.6 is 11.8 Å². The lowest BCUT2D eigenvalue weighted by molar-refractivity contribution is -0.119. The summed E-state index contributed by atoms with van der Waals surface area (Å²) >= 11 is 1.32. The summed E-state index contributed by atoms with van der Waals surface area (Å²) in [4.78, 5) is 25.5. The fourth-order valence-corrected chi connectivity index (χ4v) is 3.42. The Morgan fingerprint density at radius 3 is 2.48 bits per heavy atom. The van der Waals surface area contributed by atoms with Crippen molar-refractivity contribution in [2.45, 2.75) is 4.90 Å². The van der Waals surface area contributed by atoms with Gasteiger partial charge in [0.05, 0.1) is 24.6 Å². The molecular weight excluding hydrogens is 388 g/mol. The predicted molar refractivity (Wildman–Crippen MR) is 112 cm³/mol. The smallest absolute Gasteiger partial charge is 0.342 e. The lowest BCUT2D eigenvalue weighted by Gasteiger charge is -2.12. The third kappa shape index (κ3) is 5.06. The summed E-state index contributed by atoms with van der Waals surface area (Å²) in [6.07, 6.45) is 0. The van der Waals surface area contributed by atoms with Gasteiger partial charge in [0.15, 0.2) is 6.61 Å². The first-order chi connectivity index (χ1) is 14.1. The maximum absolute atomic E-state index is 12.5. The Morgan fingerprint density at radius 1 is 1.07 bits per heavy atom. The van der Waals surface area contributed by atoms with Crippen molar-refractivity contribution < 1.29 is 19.1 Å². The van der Waals surface area contributed by atoms with E-state index in [-0.39, 0.29) is 11.3 Å². The van der Waals surface area contributed by atoms with Gasteiger partial charge < -0.3 is 14.8 Å². The van der Waals surface area contributed by atoms with E-state index in [0.29, 0.717) is 11.4 Å². The van der Waals surface area contributed by atoms with Crippen LogP contribution in [0.15, 0.2) is 65.6 Å². The van der Waals surface area contributed by atoms with E-state index in [9.17, 15) is 9.59 Å². The van der Waals surface area contributed by atoms with Crippen LogP contribution in [0.3, 0.4) is 0 Å². The monoisotopic (exact) mass is 406 g/mol. The Balaban J connectivity index is 1.67. The highest BCUT2D eigenvalue weighted by atomic mass is 32.2. The van der Waals surface area contributed by atoms with Crippen LogP contribution in [0.2, 0.25) is 0 Å². The SMILES string of the molecule is COc1cc2ccccc2cc1C(=O)OCC(=O)Nc1ccccc1SCC#N. The van der Waals surface area contributed by atoms with E-state index in [2.05, 4.69) is 5.32 Å². The lowest BCUT2D eigenvalue weighted by atomic mass is 10.1. The zero-order valence-electron chi connectivity index (χ0n) is 15.7. The molecule has 0 bridgehead atoms. The standard InChI is InChI=1S/C22H18N2O4S/c1-27-19-13-16-7-3-2-6-15(16)12-17(19)22(26)28-14-21(25)24-18-8-4-5-9-20(18)29-11-10-23/h2-9,12-13H,11,14H2,1H3,(H,24,25). The molecule has 1 N–H and O–H groups in total. The number of nitriles is 1. The summed E-state index contributed by atoms with van der Waals surface area (Å²) in [5.41, 5.74) is 0.820. The number of carbonyl (C=O) groups is 2. The summed E-state index contributed by atoms with van der Waals surface area (Å²) in [6, 6.07) is 20.2. The van der Waals surface area contributed by atoms with Crippen molar-refractivity contribution in [3.8, 4) is 11.8 Å². The Labute approximate surface area is 172 Å². The number of para-hydroxylation sites is 1. The van der Waals surface area contributed by atoms with Crippen molar-refractivity contribution >= 4 is 40.1 Å². The van der Waals surface area contributed by atoms with Gasteiger partial charge in [0, 0.05) is 4.90 Å². The number of fused-ring (bicyclic) bond motifs is 1. The number of nitrogens with one attached hydrogen (secondary N) is 1. The normalized spacial score (nSPS) is 10.2. The van der Waals surface area contributed by atoms with Gasteiger partial charge in [-0.3, -0.25) is 4.79 Å². The number of carbonyl (C=O) groups excluding carboxylic acids is 2. The van der Waals surface area contributed by atoms with Gasteiger partial charge in [0.25, 0.3) is 5.91 Å². The minimum absolute atomic E-state index is 0.254. The maximum atomic E-state index is 12.5. The largest absolute Gasteiger partial charge is 0.496 e. The molecule has 0 radical (unpaired) electrons. The van der Waals surface area contributed by atoms with Gasteiger partial charge in [-0.15, -0.1) is 11.8 Å². The van der Waals surface area contributed by atoms with E-state index in [1.165, 1.54) is 18.9 Å². The van der Waals surface area contributed by atoms with Crippen LogP contribution in [0.4, 0.5) is 5.69 Å². The highest BCUT2D eigenvalue weighted by Gasteiger charge is 2.17. The minimum Gasteiger partial charge on any atom is -0.496 e. The van der Waals surface area contributed by atoms with Gasteiger partial charge in [-0.05, 0) is 35.0 Å². The highest BCUT2D eigenvalue weighted by Crippen LogP contribution is 2.28. The summed E-state index contributed by atoms with van der Waals surface area (Å²) in [5.74, 6) is -0.464. The molecule has 0 aromatic heterocycles. The number of nitrogens with zero attached hydrogens (tertiary/aromatic N) is 1. The van der Waals surface area contributed by atoms with Crippen molar-refractivity contribution in [3.63, 3.8) is 0 Å². The predicted octanol–water partition coefficient (Wildman–Crippen LogP) is 4.26. The first-order valence-corrected chi connectivity index (χ1v) is 9.73. The van der Waals surface area contributed by atoms with Gasteiger partial charge in [-0.25, -0.2) is 4.79 Å². The van der Waals surface area contributed by atoms with E-state index < -0.39 is 18.5 Å². The molecule has 0 saturated heterocycles. The van der Waals surface area contributed by atoms with E-state index in [1.54, 1.807) is 24.3 Å². The molecule has 0 aliphatic heterocycles. The molecule has 3 aromatic carbocycles. The average molecular weight is 406 g/mol. The van der Waals surface area contributed by atoms with E-state index in [4.69, 9.17) is 14.7 Å². The maximum Gasteiger partial charge on any atom is 0.342 e. The molecular formula is C22H18N2O4S. The van der Waals surface area contributed by atoms with Gasteiger partial charge in [0.1, 0.15) is 11.3 Å². The number of anilines is 1. The molecule has 0 unspecified atom stereocenters. The number of benzene rings is 3. The van der Waals surface area contributed by atoms with E-state index in [1.807, 2.05) is 42.5 Å². The number of hydrogen-bond acceptors (Lipinski definition) is 6. The molecule has 3 rings (SSSR count). The summed E-state index contributed by atoms with van der Waals surface area (Å²) < 4.78 is 10.5. The molecule has 0 aliphatic carbocycles. The Kier molecular flexibility index (Phi) is 6.72. The molecule has 6 nitrogen and oxygen atoms in total. The zero-order chi connectivity index (χ0) is 20.6. The van der Waals surface area contributed by atoms with Crippen molar-refractivity contribution in [1.82, 2.24) is 0 Å². The molecule has 146 valence electrons. The number of ether oxygens (including phenoxy) is 2. The fourth-order valence-electron chi connectivity index (χ4n) is 2.75.